The van der Waals surface area contributed by atoms with Crippen LogP contribution in [0.5, 0.6) is 17.2 Å². The molecule has 0 saturated heterocycles. The molecule has 26 heavy (non-hydrogen) atoms. The minimum Gasteiger partial charge on any atom is -0.493 e. The number of ether oxygens (including phenoxy) is 3. The van der Waals surface area contributed by atoms with Crippen molar-refractivity contribution >= 4 is 23.4 Å². The number of hydrazine groups is 1. The first-order valence-corrected chi connectivity index (χ1v) is 8.00. The highest BCUT2D eigenvalue weighted by Crippen LogP contribution is 2.38. The van der Waals surface area contributed by atoms with Crippen molar-refractivity contribution in [3.05, 3.63) is 52.5 Å². The van der Waals surface area contributed by atoms with E-state index in [2.05, 4.69) is 10.9 Å². The Labute approximate surface area is 156 Å². The van der Waals surface area contributed by atoms with Crippen molar-refractivity contribution in [2.45, 2.75) is 6.42 Å². The first-order chi connectivity index (χ1) is 12.5. The topological polar surface area (TPSA) is 85.9 Å². The third-order valence-electron chi connectivity index (χ3n) is 3.55. The number of methoxy groups -OCH3 is 3. The highest BCUT2D eigenvalue weighted by Gasteiger charge is 2.17. The van der Waals surface area contributed by atoms with Crippen molar-refractivity contribution in [2.24, 2.45) is 0 Å². The Morgan fingerprint density at radius 2 is 1.58 bits per heavy atom. The first kappa shape index (κ1) is 19.4. The van der Waals surface area contributed by atoms with Crippen LogP contribution in [0.25, 0.3) is 0 Å². The predicted octanol–water partition coefficient (Wildman–Crippen LogP) is 2.37. The molecule has 7 nitrogen and oxygen atoms in total. The minimum atomic E-state index is -0.531. The second-order valence-electron chi connectivity index (χ2n) is 5.18. The summed E-state index contributed by atoms with van der Waals surface area (Å²) in [5.74, 6) is 0.101. The van der Waals surface area contributed by atoms with Gasteiger partial charge in [0.05, 0.1) is 27.8 Å². The van der Waals surface area contributed by atoms with Crippen LogP contribution in [0.4, 0.5) is 0 Å². The van der Waals surface area contributed by atoms with Gasteiger partial charge in [0.15, 0.2) is 11.5 Å². The summed E-state index contributed by atoms with van der Waals surface area (Å²) in [6, 6.07) is 9.95. The third kappa shape index (κ3) is 4.58. The summed E-state index contributed by atoms with van der Waals surface area (Å²) >= 11 is 6.02. The standard InChI is InChI=1S/C18H19ClN2O5/c1-24-14-8-12(9-15(25-2)17(14)26-3)18(23)21-20-16(22)10-11-6-4-5-7-13(11)19/h4-9H,10H2,1-3H3,(H,20,22)(H,21,23). The summed E-state index contributed by atoms with van der Waals surface area (Å²) in [5, 5.41) is 0.485. The van der Waals surface area contributed by atoms with Gasteiger partial charge >= 0.3 is 0 Å². The molecule has 2 N–H and O–H groups in total. The van der Waals surface area contributed by atoms with Crippen molar-refractivity contribution in [3.63, 3.8) is 0 Å². The number of rotatable bonds is 6. The van der Waals surface area contributed by atoms with E-state index in [1.54, 1.807) is 24.3 Å². The normalized spacial score (nSPS) is 10.0. The number of carbonyl (C=O) groups excluding carboxylic acids is 2. The highest BCUT2D eigenvalue weighted by atomic mass is 35.5. The zero-order chi connectivity index (χ0) is 19.1. The Morgan fingerprint density at radius 3 is 2.12 bits per heavy atom. The van der Waals surface area contributed by atoms with Gasteiger partial charge in [-0.15, -0.1) is 0 Å². The summed E-state index contributed by atoms with van der Waals surface area (Å²) in [7, 11) is 4.36. The summed E-state index contributed by atoms with van der Waals surface area (Å²) in [5.41, 5.74) is 5.59. The van der Waals surface area contributed by atoms with Crippen molar-refractivity contribution in [3.8, 4) is 17.2 Å². The van der Waals surface area contributed by atoms with Gasteiger partial charge in [-0.3, -0.25) is 20.4 Å². The highest BCUT2D eigenvalue weighted by molar-refractivity contribution is 6.31. The molecule has 2 rings (SSSR count). The van der Waals surface area contributed by atoms with Gasteiger partial charge < -0.3 is 14.2 Å². The zero-order valence-corrected chi connectivity index (χ0v) is 15.3. The van der Waals surface area contributed by atoms with Gasteiger partial charge in [-0.2, -0.15) is 0 Å². The van der Waals surface area contributed by atoms with Crippen molar-refractivity contribution in [1.29, 1.82) is 0 Å². The average molecular weight is 379 g/mol. The fourth-order valence-electron chi connectivity index (χ4n) is 2.27. The minimum absolute atomic E-state index is 0.0369. The lowest BCUT2D eigenvalue weighted by Gasteiger charge is -2.14. The van der Waals surface area contributed by atoms with Crippen LogP contribution in [-0.2, 0) is 11.2 Å². The number of halogens is 1. The van der Waals surface area contributed by atoms with Gasteiger partial charge in [0, 0.05) is 10.6 Å². The number of amides is 2. The van der Waals surface area contributed by atoms with E-state index < -0.39 is 11.8 Å². The molecule has 0 spiro atoms. The Bertz CT molecular complexity index is 785. The number of nitrogens with one attached hydrogen (secondary N) is 2. The molecule has 0 aliphatic heterocycles. The molecule has 0 bridgehead atoms. The second-order valence-corrected chi connectivity index (χ2v) is 5.59. The van der Waals surface area contributed by atoms with Crippen molar-refractivity contribution in [2.75, 3.05) is 21.3 Å². The maximum atomic E-state index is 12.3. The summed E-state index contributed by atoms with van der Waals surface area (Å²) in [4.78, 5) is 24.3. The molecule has 2 aromatic rings. The van der Waals surface area contributed by atoms with Gasteiger partial charge in [0.1, 0.15) is 0 Å². The number of carbonyl (C=O) groups is 2. The van der Waals surface area contributed by atoms with E-state index in [1.807, 2.05) is 0 Å². The molecule has 138 valence electrons. The molecular formula is C18H19ClN2O5. The van der Waals surface area contributed by atoms with Crippen LogP contribution in [-0.4, -0.2) is 33.1 Å². The van der Waals surface area contributed by atoms with Crippen molar-refractivity contribution < 1.29 is 23.8 Å². The molecule has 2 aromatic carbocycles. The largest absolute Gasteiger partial charge is 0.493 e. The fourth-order valence-corrected chi connectivity index (χ4v) is 2.47. The maximum absolute atomic E-state index is 12.3. The van der Waals surface area contributed by atoms with Gasteiger partial charge in [-0.1, -0.05) is 29.8 Å². The molecule has 0 heterocycles. The van der Waals surface area contributed by atoms with E-state index in [9.17, 15) is 9.59 Å². The second kappa shape index (κ2) is 8.96. The smallest absolute Gasteiger partial charge is 0.269 e. The van der Waals surface area contributed by atoms with Crippen LogP contribution < -0.4 is 25.1 Å². The molecule has 0 aromatic heterocycles. The van der Waals surface area contributed by atoms with E-state index in [4.69, 9.17) is 25.8 Å². The van der Waals surface area contributed by atoms with Gasteiger partial charge in [-0.05, 0) is 23.8 Å². The number of hydrogen-bond acceptors (Lipinski definition) is 5. The van der Waals surface area contributed by atoms with Crippen LogP contribution in [0.15, 0.2) is 36.4 Å². The first-order valence-electron chi connectivity index (χ1n) is 7.62. The molecule has 0 fully saturated rings. The van der Waals surface area contributed by atoms with Crippen LogP contribution in [0.3, 0.4) is 0 Å². The van der Waals surface area contributed by atoms with Crippen LogP contribution >= 0.6 is 11.6 Å². The van der Waals surface area contributed by atoms with Crippen LogP contribution in [0, 0.1) is 0 Å². The lowest BCUT2D eigenvalue weighted by molar-refractivity contribution is -0.121. The Morgan fingerprint density at radius 1 is 0.962 bits per heavy atom. The van der Waals surface area contributed by atoms with E-state index in [-0.39, 0.29) is 12.0 Å². The Kier molecular flexibility index (Phi) is 6.68. The average Bonchev–Trinajstić information content (AvgIpc) is 2.66. The molecule has 8 heteroatoms. The predicted molar refractivity (Wildman–Crippen MR) is 96.9 cm³/mol. The zero-order valence-electron chi connectivity index (χ0n) is 14.6. The Balaban J connectivity index is 2.05. The van der Waals surface area contributed by atoms with E-state index in [0.29, 0.717) is 27.8 Å². The van der Waals surface area contributed by atoms with E-state index in [1.165, 1.54) is 33.5 Å². The third-order valence-corrected chi connectivity index (χ3v) is 3.92. The lowest BCUT2D eigenvalue weighted by Crippen LogP contribution is -2.42. The van der Waals surface area contributed by atoms with E-state index in [0.717, 1.165) is 0 Å². The number of benzene rings is 2. The lowest BCUT2D eigenvalue weighted by atomic mass is 10.1. The maximum Gasteiger partial charge on any atom is 0.269 e. The summed E-state index contributed by atoms with van der Waals surface area (Å²) in [6.07, 6.45) is 0.0369. The molecule has 0 radical (unpaired) electrons. The number of hydrogen-bond donors (Lipinski definition) is 2. The van der Waals surface area contributed by atoms with Crippen molar-refractivity contribution in [1.82, 2.24) is 10.9 Å². The fraction of sp³-hybridized carbons (Fsp3) is 0.222. The quantitative estimate of drug-likeness (QED) is 0.754. The molecular weight excluding hydrogens is 360 g/mol. The van der Waals surface area contributed by atoms with Gasteiger partial charge in [-0.25, -0.2) is 0 Å². The molecule has 2 amide bonds. The van der Waals surface area contributed by atoms with Crippen LogP contribution in [0.2, 0.25) is 5.02 Å². The monoisotopic (exact) mass is 378 g/mol. The van der Waals surface area contributed by atoms with Gasteiger partial charge in [0.25, 0.3) is 5.91 Å². The van der Waals surface area contributed by atoms with Gasteiger partial charge in [0.2, 0.25) is 11.7 Å². The molecule has 0 saturated carbocycles. The SMILES string of the molecule is COc1cc(C(=O)NNC(=O)Cc2ccccc2Cl)cc(OC)c1OC. The summed E-state index contributed by atoms with van der Waals surface area (Å²) in [6.45, 7) is 0. The van der Waals surface area contributed by atoms with E-state index >= 15 is 0 Å². The summed E-state index contributed by atoms with van der Waals surface area (Å²) < 4.78 is 15.6. The molecule has 0 atom stereocenters. The molecule has 0 unspecified atom stereocenters. The molecule has 0 aliphatic rings. The molecule has 0 aliphatic carbocycles. The van der Waals surface area contributed by atoms with Crippen LogP contribution in [0.1, 0.15) is 15.9 Å². The Hall–Kier alpha value is -2.93.